The number of carbonyl (C=O) groups is 1. The molecular weight excluding hydrogens is 266 g/mol. The van der Waals surface area contributed by atoms with Gasteiger partial charge in [-0.05, 0) is 45.1 Å². The molecule has 0 unspecified atom stereocenters. The van der Waals surface area contributed by atoms with Crippen molar-refractivity contribution in [2.75, 3.05) is 0 Å². The van der Waals surface area contributed by atoms with E-state index in [4.69, 9.17) is 4.74 Å². The molecule has 21 heavy (non-hydrogen) atoms. The topological polar surface area (TPSA) is 67.9 Å². The Labute approximate surface area is 123 Å². The molecule has 0 aliphatic heterocycles. The number of carbonyl (C=O) groups excluding carboxylic acids is 1. The number of nitrogens with zero attached hydrogens (tertiary/aromatic N) is 2. The fourth-order valence-corrected chi connectivity index (χ4v) is 2.67. The van der Waals surface area contributed by atoms with Crippen LogP contribution < -0.4 is 4.74 Å². The lowest BCUT2D eigenvalue weighted by Gasteiger charge is -2.11. The molecule has 0 radical (unpaired) electrons. The molecule has 0 bridgehead atoms. The summed E-state index contributed by atoms with van der Waals surface area (Å²) in [6.45, 7) is 1.54. The van der Waals surface area contributed by atoms with E-state index in [0.717, 1.165) is 29.6 Å². The molecule has 1 aliphatic rings. The van der Waals surface area contributed by atoms with Gasteiger partial charge in [0.25, 0.3) is 0 Å². The van der Waals surface area contributed by atoms with Crippen LogP contribution in [0.1, 0.15) is 38.2 Å². The van der Waals surface area contributed by atoms with Crippen molar-refractivity contribution in [2.24, 2.45) is 0 Å². The molecule has 2 aromatic heterocycles. The van der Waals surface area contributed by atoms with Crippen LogP contribution in [0.15, 0.2) is 24.5 Å². The second-order valence-electron chi connectivity index (χ2n) is 5.46. The molecule has 2 aromatic rings. The van der Waals surface area contributed by atoms with Crippen molar-refractivity contribution in [1.29, 1.82) is 0 Å². The van der Waals surface area contributed by atoms with Gasteiger partial charge in [0.05, 0.1) is 6.20 Å². The first-order chi connectivity index (χ1) is 10.2. The predicted octanol–water partition coefficient (Wildman–Crippen LogP) is 2.97. The van der Waals surface area contributed by atoms with Gasteiger partial charge in [-0.2, -0.15) is 0 Å². The minimum absolute atomic E-state index is 0.0474. The van der Waals surface area contributed by atoms with Crippen molar-refractivity contribution in [3.63, 3.8) is 0 Å². The van der Waals surface area contributed by atoms with E-state index in [1.807, 2.05) is 12.3 Å². The molecule has 0 amide bonds. The number of nitrogens with one attached hydrogen (secondary N) is 1. The minimum Gasteiger partial charge on any atom is -0.473 e. The first-order valence-electron chi connectivity index (χ1n) is 7.39. The van der Waals surface area contributed by atoms with Crippen LogP contribution in [0.2, 0.25) is 0 Å². The number of rotatable bonds is 5. The van der Waals surface area contributed by atoms with Crippen molar-refractivity contribution < 1.29 is 9.53 Å². The summed E-state index contributed by atoms with van der Waals surface area (Å²) in [4.78, 5) is 23.0. The molecule has 1 fully saturated rings. The van der Waals surface area contributed by atoms with E-state index in [1.165, 1.54) is 12.8 Å². The summed E-state index contributed by atoms with van der Waals surface area (Å²) >= 11 is 0. The maximum Gasteiger partial charge on any atom is 0.233 e. The summed E-state index contributed by atoms with van der Waals surface area (Å²) < 4.78 is 5.89. The minimum atomic E-state index is 0.0474. The Kier molecular flexibility index (Phi) is 3.99. The summed E-state index contributed by atoms with van der Waals surface area (Å²) in [5.74, 6) is 0.636. The zero-order valence-electron chi connectivity index (χ0n) is 12.1. The quantitative estimate of drug-likeness (QED) is 0.858. The van der Waals surface area contributed by atoms with Crippen LogP contribution in [0.3, 0.4) is 0 Å². The highest BCUT2D eigenvalue weighted by molar-refractivity contribution is 5.87. The van der Waals surface area contributed by atoms with Gasteiger partial charge in [-0.15, -0.1) is 0 Å². The van der Waals surface area contributed by atoms with E-state index < -0.39 is 0 Å². The average Bonchev–Trinajstić information content (AvgIpc) is 3.09. The molecule has 1 aliphatic carbocycles. The Morgan fingerprint density at radius 1 is 1.48 bits per heavy atom. The van der Waals surface area contributed by atoms with Gasteiger partial charge in [0.15, 0.2) is 11.4 Å². The lowest BCUT2D eigenvalue weighted by atomic mass is 10.2. The second-order valence-corrected chi connectivity index (χ2v) is 5.46. The molecule has 2 heterocycles. The van der Waals surface area contributed by atoms with Gasteiger partial charge in [0.1, 0.15) is 11.6 Å². The maximum atomic E-state index is 10.9. The monoisotopic (exact) mass is 285 g/mol. The third kappa shape index (κ3) is 3.29. The number of ether oxygens (including phenoxy) is 1. The highest BCUT2D eigenvalue weighted by Crippen LogP contribution is 2.24. The third-order valence-corrected chi connectivity index (χ3v) is 3.72. The van der Waals surface area contributed by atoms with Crippen LogP contribution in [0.25, 0.3) is 11.2 Å². The number of hydrogen-bond acceptors (Lipinski definition) is 4. The number of aromatic nitrogens is 3. The van der Waals surface area contributed by atoms with Gasteiger partial charge < -0.3 is 9.72 Å². The SMILES string of the molecule is CC(=O)/C=C/Cc1c[nH]c2ncc(OC3CCCC3)nc12. The Morgan fingerprint density at radius 3 is 3.05 bits per heavy atom. The van der Waals surface area contributed by atoms with Crippen LogP contribution in [0.4, 0.5) is 0 Å². The third-order valence-electron chi connectivity index (χ3n) is 3.72. The summed E-state index contributed by atoms with van der Waals surface area (Å²) in [5.41, 5.74) is 2.59. The average molecular weight is 285 g/mol. The molecule has 0 spiro atoms. The molecule has 0 saturated heterocycles. The summed E-state index contributed by atoms with van der Waals surface area (Å²) in [7, 11) is 0. The van der Waals surface area contributed by atoms with Crippen LogP contribution in [0.5, 0.6) is 5.88 Å². The van der Waals surface area contributed by atoms with Gasteiger partial charge in [-0.3, -0.25) is 4.79 Å². The van der Waals surface area contributed by atoms with Gasteiger partial charge in [-0.1, -0.05) is 6.08 Å². The molecular formula is C16H19N3O2. The summed E-state index contributed by atoms with van der Waals surface area (Å²) in [6, 6.07) is 0. The van der Waals surface area contributed by atoms with Gasteiger partial charge in [0.2, 0.25) is 5.88 Å². The first kappa shape index (κ1) is 13.8. The molecule has 0 atom stereocenters. The molecule has 1 saturated carbocycles. The molecule has 110 valence electrons. The van der Waals surface area contributed by atoms with E-state index in [0.29, 0.717) is 12.3 Å². The Morgan fingerprint density at radius 2 is 2.29 bits per heavy atom. The van der Waals surface area contributed by atoms with E-state index in [9.17, 15) is 4.79 Å². The number of hydrogen-bond donors (Lipinski definition) is 1. The normalized spacial score (nSPS) is 16.0. The lowest BCUT2D eigenvalue weighted by molar-refractivity contribution is -0.112. The zero-order chi connectivity index (χ0) is 14.7. The van der Waals surface area contributed by atoms with E-state index in [2.05, 4.69) is 15.0 Å². The van der Waals surface area contributed by atoms with Crippen LogP contribution in [-0.2, 0) is 11.2 Å². The van der Waals surface area contributed by atoms with Crippen LogP contribution in [0, 0.1) is 0 Å². The number of ketones is 1. The highest BCUT2D eigenvalue weighted by atomic mass is 16.5. The molecule has 0 aromatic carbocycles. The van der Waals surface area contributed by atoms with Gasteiger partial charge in [-0.25, -0.2) is 9.97 Å². The van der Waals surface area contributed by atoms with E-state index in [-0.39, 0.29) is 11.9 Å². The maximum absolute atomic E-state index is 10.9. The Bertz CT molecular complexity index is 669. The fourth-order valence-electron chi connectivity index (χ4n) is 2.67. The molecule has 5 heteroatoms. The standard InChI is InChI=1S/C16H19N3O2/c1-11(20)5-4-6-12-9-17-16-15(12)19-14(10-18-16)21-13-7-2-3-8-13/h4-5,9-10,13H,2-3,6-8H2,1H3,(H,17,18)/b5-4+. The van der Waals surface area contributed by atoms with Crippen LogP contribution >= 0.6 is 0 Å². The Hall–Kier alpha value is -2.17. The lowest BCUT2D eigenvalue weighted by Crippen LogP contribution is -2.12. The van der Waals surface area contributed by atoms with Crippen LogP contribution in [-0.4, -0.2) is 26.8 Å². The number of fused-ring (bicyclic) bond motifs is 1. The molecule has 3 rings (SSSR count). The van der Waals surface area contributed by atoms with Gasteiger partial charge in [0, 0.05) is 11.8 Å². The summed E-state index contributed by atoms with van der Waals surface area (Å²) in [6.07, 6.45) is 12.6. The van der Waals surface area contributed by atoms with E-state index in [1.54, 1.807) is 19.2 Å². The Balaban J connectivity index is 1.79. The van der Waals surface area contributed by atoms with E-state index >= 15 is 0 Å². The number of H-pyrrole nitrogens is 1. The largest absolute Gasteiger partial charge is 0.473 e. The smallest absolute Gasteiger partial charge is 0.233 e. The highest BCUT2D eigenvalue weighted by Gasteiger charge is 2.17. The predicted molar refractivity (Wildman–Crippen MR) is 80.3 cm³/mol. The van der Waals surface area contributed by atoms with Crippen molar-refractivity contribution in [2.45, 2.75) is 45.1 Å². The zero-order valence-corrected chi connectivity index (χ0v) is 12.1. The molecule has 1 N–H and O–H groups in total. The van der Waals surface area contributed by atoms with Crippen molar-refractivity contribution >= 4 is 16.9 Å². The summed E-state index contributed by atoms with van der Waals surface area (Å²) in [5, 5.41) is 0. The van der Waals surface area contributed by atoms with Gasteiger partial charge >= 0.3 is 0 Å². The van der Waals surface area contributed by atoms with Crippen molar-refractivity contribution in [3.05, 3.63) is 30.1 Å². The van der Waals surface area contributed by atoms with Crippen molar-refractivity contribution in [1.82, 2.24) is 15.0 Å². The second kappa shape index (κ2) is 6.08. The number of aromatic amines is 1. The first-order valence-corrected chi connectivity index (χ1v) is 7.39. The number of allylic oxidation sites excluding steroid dienone is 2. The van der Waals surface area contributed by atoms with Crippen molar-refractivity contribution in [3.8, 4) is 5.88 Å². The molecule has 5 nitrogen and oxygen atoms in total. The fraction of sp³-hybridized carbons (Fsp3) is 0.438.